The molecule has 1 heterocycles. The van der Waals surface area contributed by atoms with Crippen LogP contribution in [0, 0.1) is 6.92 Å². The number of aromatic amines is 1. The second kappa shape index (κ2) is 6.99. The van der Waals surface area contributed by atoms with Gasteiger partial charge in [0.1, 0.15) is 0 Å². The summed E-state index contributed by atoms with van der Waals surface area (Å²) in [7, 11) is 0.412. The molecule has 19 heavy (non-hydrogen) atoms. The molecule has 1 rings (SSSR count). The normalized spacial score (nSPS) is 12.3. The van der Waals surface area contributed by atoms with Crippen LogP contribution in [0.4, 0.5) is 0 Å². The minimum atomic E-state index is -3.57. The zero-order valence-corrected chi connectivity index (χ0v) is 12.5. The summed E-state index contributed by atoms with van der Waals surface area (Å²) in [4.78, 5) is 2.07. The van der Waals surface area contributed by atoms with E-state index < -0.39 is 10.0 Å². The van der Waals surface area contributed by atoms with E-state index in [0.29, 0.717) is 17.8 Å². The third kappa shape index (κ3) is 4.57. The molecular weight excluding hydrogens is 266 g/mol. The van der Waals surface area contributed by atoms with Crippen molar-refractivity contribution < 1.29 is 8.42 Å². The Morgan fingerprint density at radius 3 is 2.63 bits per heavy atom. The summed E-state index contributed by atoms with van der Waals surface area (Å²) in [6.45, 7) is 3.26. The number of aromatic nitrogens is 2. The van der Waals surface area contributed by atoms with Crippen LogP contribution in [0.15, 0.2) is 5.03 Å². The SMILES string of the molecule is Cc1[nH]nc(S(=O)(=O)NCCCCN(C)C)c1CN. The molecule has 0 saturated carbocycles. The molecule has 0 aliphatic carbocycles. The lowest BCUT2D eigenvalue weighted by Crippen LogP contribution is -2.27. The van der Waals surface area contributed by atoms with Crippen LogP contribution in [0.2, 0.25) is 0 Å². The smallest absolute Gasteiger partial charge is 0.260 e. The van der Waals surface area contributed by atoms with E-state index in [0.717, 1.165) is 19.4 Å². The highest BCUT2D eigenvalue weighted by molar-refractivity contribution is 7.89. The lowest BCUT2D eigenvalue weighted by atomic mass is 10.3. The standard InChI is InChI=1S/C11H23N5O2S/c1-9-10(8-12)11(15-14-9)19(17,18)13-6-4-5-7-16(2)3/h13H,4-8,12H2,1-3H3,(H,14,15). The van der Waals surface area contributed by atoms with E-state index in [1.165, 1.54) is 0 Å². The van der Waals surface area contributed by atoms with Gasteiger partial charge in [-0.15, -0.1) is 0 Å². The first-order valence-electron chi connectivity index (χ1n) is 6.26. The lowest BCUT2D eigenvalue weighted by molar-refractivity contribution is 0.394. The van der Waals surface area contributed by atoms with E-state index in [1.54, 1.807) is 6.92 Å². The van der Waals surface area contributed by atoms with Crippen molar-refractivity contribution in [3.05, 3.63) is 11.3 Å². The van der Waals surface area contributed by atoms with Crippen molar-refractivity contribution in [2.45, 2.75) is 31.3 Å². The van der Waals surface area contributed by atoms with Gasteiger partial charge in [-0.05, 0) is 40.4 Å². The van der Waals surface area contributed by atoms with E-state index in [4.69, 9.17) is 5.73 Å². The minimum Gasteiger partial charge on any atom is -0.326 e. The number of nitrogens with zero attached hydrogens (tertiary/aromatic N) is 2. The fraction of sp³-hybridized carbons (Fsp3) is 0.727. The highest BCUT2D eigenvalue weighted by Gasteiger charge is 2.22. The second-order valence-corrected chi connectivity index (χ2v) is 6.43. The van der Waals surface area contributed by atoms with Crippen LogP contribution in [-0.4, -0.2) is 50.7 Å². The highest BCUT2D eigenvalue weighted by Crippen LogP contribution is 2.15. The van der Waals surface area contributed by atoms with Crippen molar-refractivity contribution in [1.82, 2.24) is 19.8 Å². The Kier molecular flexibility index (Phi) is 5.92. The van der Waals surface area contributed by atoms with Gasteiger partial charge in [-0.1, -0.05) is 0 Å². The van der Waals surface area contributed by atoms with Gasteiger partial charge in [-0.2, -0.15) is 5.10 Å². The van der Waals surface area contributed by atoms with Gasteiger partial charge >= 0.3 is 0 Å². The number of H-pyrrole nitrogens is 1. The summed E-state index contributed by atoms with van der Waals surface area (Å²) < 4.78 is 26.7. The second-order valence-electron chi connectivity index (χ2n) is 4.74. The number of nitrogens with two attached hydrogens (primary N) is 1. The molecule has 4 N–H and O–H groups in total. The summed E-state index contributed by atoms with van der Waals surface area (Å²) >= 11 is 0. The molecule has 0 amide bonds. The monoisotopic (exact) mass is 289 g/mol. The molecule has 0 radical (unpaired) electrons. The third-order valence-corrected chi connectivity index (χ3v) is 4.25. The van der Waals surface area contributed by atoms with Crippen molar-refractivity contribution in [3.63, 3.8) is 0 Å². The Morgan fingerprint density at radius 2 is 2.05 bits per heavy atom. The molecular formula is C11H23N5O2S. The number of unbranched alkanes of at least 4 members (excludes halogenated alkanes) is 1. The number of hydrogen-bond donors (Lipinski definition) is 3. The predicted octanol–water partition coefficient (Wildman–Crippen LogP) is -0.203. The van der Waals surface area contributed by atoms with Crippen LogP contribution in [0.5, 0.6) is 0 Å². The van der Waals surface area contributed by atoms with E-state index in [2.05, 4.69) is 19.8 Å². The summed E-state index contributed by atoms with van der Waals surface area (Å²) in [6, 6.07) is 0. The zero-order chi connectivity index (χ0) is 14.5. The van der Waals surface area contributed by atoms with Crippen molar-refractivity contribution in [3.8, 4) is 0 Å². The van der Waals surface area contributed by atoms with Crippen LogP contribution in [-0.2, 0) is 16.6 Å². The maximum Gasteiger partial charge on any atom is 0.260 e. The first kappa shape index (κ1) is 16.1. The van der Waals surface area contributed by atoms with Crippen molar-refractivity contribution in [1.29, 1.82) is 0 Å². The Bertz CT molecular complexity index is 495. The van der Waals surface area contributed by atoms with Gasteiger partial charge < -0.3 is 10.6 Å². The summed E-state index contributed by atoms with van der Waals surface area (Å²) in [5.74, 6) is 0. The van der Waals surface area contributed by atoms with Crippen molar-refractivity contribution in [2.24, 2.45) is 5.73 Å². The molecule has 0 aliphatic heterocycles. The van der Waals surface area contributed by atoms with Crippen LogP contribution < -0.4 is 10.5 Å². The average molecular weight is 289 g/mol. The van der Waals surface area contributed by atoms with Gasteiger partial charge in [-0.3, -0.25) is 5.10 Å². The van der Waals surface area contributed by atoms with Crippen molar-refractivity contribution >= 4 is 10.0 Å². The van der Waals surface area contributed by atoms with Gasteiger partial charge in [0.25, 0.3) is 10.0 Å². The molecule has 0 atom stereocenters. The predicted molar refractivity (Wildman–Crippen MR) is 74.2 cm³/mol. The largest absolute Gasteiger partial charge is 0.326 e. The van der Waals surface area contributed by atoms with E-state index in [1.807, 2.05) is 14.1 Å². The first-order chi connectivity index (χ1) is 8.88. The van der Waals surface area contributed by atoms with Crippen LogP contribution in [0.3, 0.4) is 0 Å². The molecule has 0 fully saturated rings. The molecule has 8 heteroatoms. The highest BCUT2D eigenvalue weighted by atomic mass is 32.2. The van der Waals surface area contributed by atoms with Gasteiger partial charge in [-0.25, -0.2) is 13.1 Å². The average Bonchev–Trinajstić information content (AvgIpc) is 2.70. The van der Waals surface area contributed by atoms with Gasteiger partial charge in [0.15, 0.2) is 5.03 Å². The Morgan fingerprint density at radius 1 is 1.37 bits per heavy atom. The molecule has 0 aliphatic rings. The fourth-order valence-corrected chi connectivity index (χ4v) is 3.00. The number of nitrogens with one attached hydrogen (secondary N) is 2. The number of hydrogen-bond acceptors (Lipinski definition) is 5. The van der Waals surface area contributed by atoms with E-state index in [-0.39, 0.29) is 11.6 Å². The quantitative estimate of drug-likeness (QED) is 0.575. The Balaban J connectivity index is 2.56. The van der Waals surface area contributed by atoms with E-state index >= 15 is 0 Å². The number of aryl methyl sites for hydroxylation is 1. The topological polar surface area (TPSA) is 104 Å². The maximum atomic E-state index is 12.1. The summed E-state index contributed by atoms with van der Waals surface area (Å²) in [5.41, 5.74) is 6.78. The minimum absolute atomic E-state index is 0.0140. The molecule has 0 bridgehead atoms. The Hall–Kier alpha value is -0.960. The molecule has 7 nitrogen and oxygen atoms in total. The molecule has 1 aromatic heterocycles. The number of rotatable bonds is 8. The zero-order valence-electron chi connectivity index (χ0n) is 11.7. The molecule has 110 valence electrons. The van der Waals surface area contributed by atoms with Crippen LogP contribution in [0.1, 0.15) is 24.1 Å². The van der Waals surface area contributed by atoms with Gasteiger partial charge in [0.2, 0.25) is 0 Å². The maximum absolute atomic E-state index is 12.1. The van der Waals surface area contributed by atoms with Crippen LogP contribution >= 0.6 is 0 Å². The summed E-state index contributed by atoms with van der Waals surface area (Å²) in [5, 5.41) is 6.49. The third-order valence-electron chi connectivity index (χ3n) is 2.82. The first-order valence-corrected chi connectivity index (χ1v) is 7.75. The van der Waals surface area contributed by atoms with E-state index in [9.17, 15) is 8.42 Å². The molecule has 0 unspecified atom stereocenters. The summed E-state index contributed by atoms with van der Waals surface area (Å²) in [6.07, 6.45) is 1.73. The molecule has 1 aromatic rings. The Labute approximate surface area is 114 Å². The molecule has 0 spiro atoms. The van der Waals surface area contributed by atoms with Crippen LogP contribution in [0.25, 0.3) is 0 Å². The van der Waals surface area contributed by atoms with Crippen molar-refractivity contribution in [2.75, 3.05) is 27.2 Å². The fourth-order valence-electron chi connectivity index (χ4n) is 1.72. The number of sulfonamides is 1. The molecule has 0 saturated heterocycles. The van der Waals surface area contributed by atoms with Gasteiger partial charge in [0.05, 0.1) is 0 Å². The lowest BCUT2D eigenvalue weighted by Gasteiger charge is -2.09. The molecule has 0 aromatic carbocycles. The van der Waals surface area contributed by atoms with Gasteiger partial charge in [0, 0.05) is 24.3 Å².